The predicted molar refractivity (Wildman–Crippen MR) is 131 cm³/mol. The van der Waals surface area contributed by atoms with Gasteiger partial charge in [-0.25, -0.2) is 13.4 Å². The number of halogens is 2. The molecule has 0 spiro atoms. The normalized spacial score (nSPS) is 18.8. The van der Waals surface area contributed by atoms with Crippen molar-refractivity contribution in [2.24, 2.45) is 4.99 Å². The number of hydrogen-bond acceptors (Lipinski definition) is 5. The third-order valence-corrected chi connectivity index (χ3v) is 6.26. The fourth-order valence-corrected chi connectivity index (χ4v) is 4.65. The van der Waals surface area contributed by atoms with Crippen LogP contribution >= 0.6 is 35.6 Å². The maximum absolute atomic E-state index is 12.0. The van der Waals surface area contributed by atoms with E-state index in [0.29, 0.717) is 37.0 Å². The molecule has 0 aliphatic carbocycles. The molecule has 0 radical (unpaired) electrons. The summed E-state index contributed by atoms with van der Waals surface area (Å²) in [6.45, 7) is 5.39. The Morgan fingerprint density at radius 3 is 2.60 bits per heavy atom. The van der Waals surface area contributed by atoms with E-state index >= 15 is 0 Å². The molecule has 1 heterocycles. The summed E-state index contributed by atoms with van der Waals surface area (Å²) in [4.78, 5) is 16.5. The number of amides is 1. The summed E-state index contributed by atoms with van der Waals surface area (Å²) in [5.41, 5.74) is 0. The van der Waals surface area contributed by atoms with Crippen LogP contribution in [0.5, 0.6) is 5.75 Å². The van der Waals surface area contributed by atoms with E-state index in [4.69, 9.17) is 16.3 Å². The number of carbonyl (C=O) groups excluding carboxylic acids is 1. The highest BCUT2D eigenvalue weighted by Gasteiger charge is 2.28. The fraction of sp³-hybridized carbons (Fsp3) is 0.579. The van der Waals surface area contributed by atoms with E-state index in [1.165, 1.54) is 0 Å². The molecule has 1 amide bonds. The van der Waals surface area contributed by atoms with Crippen molar-refractivity contribution in [3.63, 3.8) is 0 Å². The van der Waals surface area contributed by atoms with Crippen molar-refractivity contribution in [1.29, 1.82) is 0 Å². The Morgan fingerprint density at radius 2 is 2.00 bits per heavy atom. The van der Waals surface area contributed by atoms with Crippen molar-refractivity contribution in [2.45, 2.75) is 38.8 Å². The minimum Gasteiger partial charge on any atom is -0.489 e. The van der Waals surface area contributed by atoms with Gasteiger partial charge in [-0.15, -0.1) is 24.0 Å². The van der Waals surface area contributed by atoms with E-state index in [1.807, 2.05) is 13.8 Å². The zero-order valence-corrected chi connectivity index (χ0v) is 21.1. The molecule has 2 rings (SSSR count). The van der Waals surface area contributed by atoms with Crippen LogP contribution in [0.25, 0.3) is 0 Å². The van der Waals surface area contributed by atoms with Gasteiger partial charge in [-0.05, 0) is 44.5 Å². The second kappa shape index (κ2) is 13.2. The van der Waals surface area contributed by atoms with Gasteiger partial charge in [0.1, 0.15) is 11.9 Å². The van der Waals surface area contributed by atoms with Crippen molar-refractivity contribution in [1.82, 2.24) is 16.0 Å². The van der Waals surface area contributed by atoms with Crippen LogP contribution < -0.4 is 20.7 Å². The Morgan fingerprint density at radius 1 is 1.30 bits per heavy atom. The zero-order valence-electron chi connectivity index (χ0n) is 17.2. The van der Waals surface area contributed by atoms with Gasteiger partial charge < -0.3 is 20.7 Å². The molecule has 3 N–H and O–H groups in total. The van der Waals surface area contributed by atoms with Crippen LogP contribution in [0.2, 0.25) is 5.02 Å². The molecule has 8 nitrogen and oxygen atoms in total. The van der Waals surface area contributed by atoms with Crippen molar-refractivity contribution in [3.05, 3.63) is 29.3 Å². The highest BCUT2D eigenvalue weighted by Crippen LogP contribution is 2.16. The molecule has 1 saturated heterocycles. The molecule has 0 bridgehead atoms. The molecular formula is C19H30ClIN4O4S. The Hall–Kier alpha value is -1.27. The maximum Gasteiger partial charge on any atom is 0.222 e. The third kappa shape index (κ3) is 10.2. The number of sulfone groups is 1. The van der Waals surface area contributed by atoms with E-state index in [9.17, 15) is 13.2 Å². The fourth-order valence-electron chi connectivity index (χ4n) is 2.85. The summed E-state index contributed by atoms with van der Waals surface area (Å²) in [5, 5.41) is 9.65. The lowest BCUT2D eigenvalue weighted by atomic mass is 10.2. The van der Waals surface area contributed by atoms with Crippen LogP contribution in [-0.4, -0.2) is 63.6 Å². The first-order valence-corrected chi connectivity index (χ1v) is 11.9. The molecule has 11 heteroatoms. The number of carbonyl (C=O) groups is 1. The van der Waals surface area contributed by atoms with Crippen molar-refractivity contribution in [3.8, 4) is 5.75 Å². The number of hydrogen-bond donors (Lipinski definition) is 3. The summed E-state index contributed by atoms with van der Waals surface area (Å²) in [5.74, 6) is 1.32. The van der Waals surface area contributed by atoms with E-state index in [2.05, 4.69) is 20.9 Å². The van der Waals surface area contributed by atoms with Gasteiger partial charge >= 0.3 is 0 Å². The second-order valence-electron chi connectivity index (χ2n) is 6.95. The maximum atomic E-state index is 12.0. The van der Waals surface area contributed by atoms with Crippen LogP contribution in [-0.2, 0) is 14.6 Å². The molecule has 1 aliphatic rings. The Kier molecular flexibility index (Phi) is 11.8. The number of nitrogens with zero attached hydrogens (tertiary/aromatic N) is 1. The first-order valence-electron chi connectivity index (χ1n) is 9.71. The summed E-state index contributed by atoms with van der Waals surface area (Å²) < 4.78 is 28.7. The number of guanidine groups is 1. The highest BCUT2D eigenvalue weighted by atomic mass is 127. The topological polar surface area (TPSA) is 109 Å². The van der Waals surface area contributed by atoms with Gasteiger partial charge in [0, 0.05) is 30.6 Å². The van der Waals surface area contributed by atoms with Crippen molar-refractivity contribution < 1.29 is 17.9 Å². The molecule has 170 valence electrons. The summed E-state index contributed by atoms with van der Waals surface area (Å²) in [6.07, 6.45) is 0.578. The zero-order chi connectivity index (χ0) is 21.3. The van der Waals surface area contributed by atoms with E-state index in [-0.39, 0.29) is 60.0 Å². The molecular weight excluding hydrogens is 543 g/mol. The van der Waals surface area contributed by atoms with Crippen LogP contribution in [0, 0.1) is 0 Å². The van der Waals surface area contributed by atoms with Crippen LogP contribution in [0.15, 0.2) is 29.3 Å². The molecule has 2 unspecified atom stereocenters. The van der Waals surface area contributed by atoms with Gasteiger partial charge in [-0.3, -0.25) is 4.79 Å². The van der Waals surface area contributed by atoms with E-state index < -0.39 is 9.84 Å². The van der Waals surface area contributed by atoms with Crippen molar-refractivity contribution in [2.75, 3.05) is 31.1 Å². The molecule has 1 aliphatic heterocycles. The number of rotatable bonds is 9. The minimum atomic E-state index is -3.00. The molecule has 1 aromatic carbocycles. The minimum absolute atomic E-state index is 0. The van der Waals surface area contributed by atoms with Crippen LogP contribution in [0.3, 0.4) is 0 Å². The SMILES string of the molecule is CCNC(=NCC(C)Oc1ccc(Cl)cc1)NCCC(=O)NC1CCS(=O)(=O)C1.I. The molecule has 1 aromatic rings. The summed E-state index contributed by atoms with van der Waals surface area (Å²) in [6, 6.07) is 6.87. The van der Waals surface area contributed by atoms with Gasteiger partial charge in [0.2, 0.25) is 5.91 Å². The monoisotopic (exact) mass is 572 g/mol. The molecule has 0 aromatic heterocycles. The van der Waals surface area contributed by atoms with Gasteiger partial charge in [0.05, 0.1) is 18.1 Å². The predicted octanol–water partition coefficient (Wildman–Crippen LogP) is 1.97. The summed E-state index contributed by atoms with van der Waals surface area (Å²) >= 11 is 5.87. The molecule has 0 saturated carbocycles. The molecule has 1 fully saturated rings. The average molecular weight is 573 g/mol. The Labute approximate surface area is 200 Å². The molecule has 2 atom stereocenters. The largest absolute Gasteiger partial charge is 0.489 e. The quantitative estimate of drug-likeness (QED) is 0.237. The average Bonchev–Trinajstić information content (AvgIpc) is 3.00. The van der Waals surface area contributed by atoms with E-state index in [1.54, 1.807) is 24.3 Å². The first kappa shape index (κ1) is 26.8. The first-order chi connectivity index (χ1) is 13.8. The number of aliphatic imine (C=N–C) groups is 1. The van der Waals surface area contributed by atoms with E-state index in [0.717, 1.165) is 5.75 Å². The second-order valence-corrected chi connectivity index (χ2v) is 9.61. The van der Waals surface area contributed by atoms with Crippen molar-refractivity contribution >= 4 is 57.3 Å². The van der Waals surface area contributed by atoms with Gasteiger partial charge in [0.25, 0.3) is 0 Å². The van der Waals surface area contributed by atoms with Crippen LogP contribution in [0.1, 0.15) is 26.7 Å². The van der Waals surface area contributed by atoms with Gasteiger partial charge in [-0.2, -0.15) is 0 Å². The summed E-state index contributed by atoms with van der Waals surface area (Å²) in [7, 11) is -3.00. The Bertz CT molecular complexity index is 805. The third-order valence-electron chi connectivity index (χ3n) is 4.24. The lowest BCUT2D eigenvalue weighted by Crippen LogP contribution is -2.41. The number of ether oxygens (including phenoxy) is 1. The van der Waals surface area contributed by atoms with Crippen LogP contribution in [0.4, 0.5) is 0 Å². The lowest BCUT2D eigenvalue weighted by Gasteiger charge is -2.15. The Balaban J connectivity index is 0.00000450. The van der Waals surface area contributed by atoms with Gasteiger partial charge in [-0.1, -0.05) is 11.6 Å². The molecule has 30 heavy (non-hydrogen) atoms. The number of nitrogens with one attached hydrogen (secondary N) is 3. The highest BCUT2D eigenvalue weighted by molar-refractivity contribution is 14.0. The number of benzene rings is 1. The van der Waals surface area contributed by atoms with Gasteiger partial charge in [0.15, 0.2) is 15.8 Å². The smallest absolute Gasteiger partial charge is 0.222 e. The lowest BCUT2D eigenvalue weighted by molar-refractivity contribution is -0.121. The standard InChI is InChI=1S/C19H29ClN4O4S.HI/c1-3-21-19(23-12-14(2)28-17-6-4-15(20)5-7-17)22-10-8-18(25)24-16-9-11-29(26,27)13-16;/h4-7,14,16H,3,8-13H2,1-2H3,(H,24,25)(H2,21,22,23);1H.